The van der Waals surface area contributed by atoms with Crippen LogP contribution in [0.15, 0.2) is 85.0 Å². The molecule has 0 spiro atoms. The van der Waals surface area contributed by atoms with Crippen LogP contribution in [0.25, 0.3) is 0 Å². The molecule has 0 saturated carbocycles. The minimum absolute atomic E-state index is 0.360. The van der Waals surface area contributed by atoms with E-state index in [9.17, 15) is 0 Å². The number of methoxy groups -OCH3 is 1. The summed E-state index contributed by atoms with van der Waals surface area (Å²) in [6.45, 7) is 11.4. The van der Waals surface area contributed by atoms with Gasteiger partial charge in [0.05, 0.1) is 6.61 Å². The average molecular weight is 469 g/mol. The van der Waals surface area contributed by atoms with Crippen LogP contribution in [0.4, 0.5) is 0 Å². The maximum absolute atomic E-state index is 5.63. The van der Waals surface area contributed by atoms with Gasteiger partial charge >= 0.3 is 0 Å². The van der Waals surface area contributed by atoms with E-state index in [1.165, 1.54) is 12.8 Å². The van der Waals surface area contributed by atoms with Crippen molar-refractivity contribution in [2.75, 3.05) is 33.4 Å². The van der Waals surface area contributed by atoms with Gasteiger partial charge in [0.15, 0.2) is 0 Å². The van der Waals surface area contributed by atoms with E-state index in [0.717, 1.165) is 55.1 Å². The third kappa shape index (κ3) is 6.55. The lowest BCUT2D eigenvalue weighted by Crippen LogP contribution is -2.69. The van der Waals surface area contributed by atoms with Gasteiger partial charge in [-0.05, 0) is 56.6 Å². The van der Waals surface area contributed by atoms with Crippen LogP contribution >= 0.6 is 0 Å². The fraction of sp³-hybridized carbons (Fsp3) is 0.400. The van der Waals surface area contributed by atoms with Crippen molar-refractivity contribution < 1.29 is 4.74 Å². The molecule has 1 aromatic heterocycles. The van der Waals surface area contributed by atoms with Gasteiger partial charge in [-0.1, -0.05) is 48.8 Å². The van der Waals surface area contributed by atoms with Gasteiger partial charge in [-0.15, -0.1) is 0 Å². The Morgan fingerprint density at radius 1 is 1.14 bits per heavy atom. The second-order valence-electron chi connectivity index (χ2n) is 9.31. The Hall–Kier alpha value is -3.04. The molecule has 3 atom stereocenters. The molecule has 0 amide bonds. The van der Waals surface area contributed by atoms with Crippen molar-refractivity contribution in [3.05, 3.63) is 96.1 Å². The third-order valence-corrected chi connectivity index (χ3v) is 6.97. The molecule has 0 radical (unpaired) electrons. The van der Waals surface area contributed by atoms with E-state index in [4.69, 9.17) is 4.74 Å². The summed E-state index contributed by atoms with van der Waals surface area (Å²) >= 11 is 0. The van der Waals surface area contributed by atoms with Gasteiger partial charge in [0.2, 0.25) is 0 Å². The molecule has 2 aliphatic rings. The topological polar surface area (TPSA) is 41.5 Å². The largest absolute Gasteiger partial charge is 0.383 e. The van der Waals surface area contributed by atoms with E-state index in [-0.39, 0.29) is 0 Å². The van der Waals surface area contributed by atoms with E-state index >= 15 is 0 Å². The second-order valence-corrected chi connectivity index (χ2v) is 9.31. The van der Waals surface area contributed by atoms with Crippen molar-refractivity contribution >= 4 is 0 Å². The van der Waals surface area contributed by atoms with E-state index in [0.29, 0.717) is 18.0 Å². The number of benzene rings is 1. The zero-order chi connectivity index (χ0) is 24.5. The summed E-state index contributed by atoms with van der Waals surface area (Å²) in [6.07, 6.45) is 14.2. The summed E-state index contributed by atoms with van der Waals surface area (Å²) in [5.41, 5.74) is 4.33. The molecule has 0 bridgehead atoms. The van der Waals surface area contributed by atoms with Gasteiger partial charge in [0.25, 0.3) is 0 Å². The number of hydrogen-bond acceptors (Lipinski definition) is 5. The molecule has 182 valence electrons. The van der Waals surface area contributed by atoms with E-state index in [1.807, 2.05) is 49.6 Å². The molecular formula is C30H36N4O. The zero-order valence-corrected chi connectivity index (χ0v) is 20.9. The number of aromatic nitrogens is 2. The first-order valence-electron chi connectivity index (χ1n) is 12.5. The summed E-state index contributed by atoms with van der Waals surface area (Å²) in [7, 11) is 1.80. The molecule has 2 aromatic rings. The minimum atomic E-state index is 0.360. The van der Waals surface area contributed by atoms with Gasteiger partial charge in [0.1, 0.15) is 6.33 Å². The van der Waals surface area contributed by atoms with Crippen LogP contribution in [0.1, 0.15) is 30.9 Å². The Kier molecular flexibility index (Phi) is 9.02. The van der Waals surface area contributed by atoms with E-state index < -0.39 is 0 Å². The first-order valence-corrected chi connectivity index (χ1v) is 12.5. The Morgan fingerprint density at radius 3 is 2.66 bits per heavy atom. The molecule has 1 aromatic carbocycles. The normalized spacial score (nSPS) is 23.5. The van der Waals surface area contributed by atoms with Gasteiger partial charge in [-0.3, -0.25) is 9.80 Å². The van der Waals surface area contributed by atoms with E-state index in [2.05, 4.69) is 56.4 Å². The van der Waals surface area contributed by atoms with Crippen LogP contribution < -0.4 is 0 Å². The molecule has 2 fully saturated rings. The Morgan fingerprint density at radius 2 is 1.91 bits per heavy atom. The van der Waals surface area contributed by atoms with Crippen molar-refractivity contribution in [1.82, 2.24) is 19.8 Å². The highest BCUT2D eigenvalue weighted by atomic mass is 16.5. The standard InChI is InChI=1S/C30H36N4O/c1-4-25(14-15-26-10-6-5-7-11-26)13-12-24(2)30-28-21-33(20-27-18-31-23-32-19-27)16-8-9-17-34(28)29(30)22-35-3/h4-7,10-13,18-19,23,28-30H,2,8-9,16-17,20-22H2,1,3H3/b13-12-,25-4+/t28-,29-,30-/m0/s1. The molecule has 35 heavy (non-hydrogen) atoms. The number of fused-ring (bicyclic) bond motifs is 1. The van der Waals surface area contributed by atoms with Gasteiger partial charge in [-0.25, -0.2) is 9.97 Å². The molecular weight excluding hydrogens is 432 g/mol. The van der Waals surface area contributed by atoms with Crippen LogP contribution in [0, 0.1) is 17.8 Å². The number of ether oxygens (including phenoxy) is 1. The van der Waals surface area contributed by atoms with Crippen molar-refractivity contribution in [1.29, 1.82) is 0 Å². The molecule has 2 saturated heterocycles. The third-order valence-electron chi connectivity index (χ3n) is 6.97. The number of nitrogens with zero attached hydrogens (tertiary/aromatic N) is 4. The van der Waals surface area contributed by atoms with Crippen LogP contribution in [0.5, 0.6) is 0 Å². The second kappa shape index (κ2) is 12.6. The SMILES string of the molecule is C=C(/C=C\C(C#Cc1ccccc1)=C/C)[C@@H]1[C@H](COC)N2CCCCN(Cc3cncnc3)C[C@@H]12. The fourth-order valence-corrected chi connectivity index (χ4v) is 5.21. The summed E-state index contributed by atoms with van der Waals surface area (Å²) in [5.74, 6) is 6.90. The lowest BCUT2D eigenvalue weighted by Gasteiger charge is -2.57. The quantitative estimate of drug-likeness (QED) is 0.442. The predicted molar refractivity (Wildman–Crippen MR) is 142 cm³/mol. The van der Waals surface area contributed by atoms with Crippen LogP contribution in [0.3, 0.4) is 0 Å². The van der Waals surface area contributed by atoms with E-state index in [1.54, 1.807) is 13.4 Å². The van der Waals surface area contributed by atoms with Gasteiger partial charge in [-0.2, -0.15) is 0 Å². The Labute approximate surface area is 210 Å². The minimum Gasteiger partial charge on any atom is -0.383 e. The first kappa shape index (κ1) is 25.1. The van der Waals surface area contributed by atoms with Gasteiger partial charge in [0, 0.05) is 67.3 Å². The van der Waals surface area contributed by atoms with Crippen LogP contribution in [0.2, 0.25) is 0 Å². The highest BCUT2D eigenvalue weighted by Gasteiger charge is 2.49. The first-order chi connectivity index (χ1) is 17.2. The lowest BCUT2D eigenvalue weighted by molar-refractivity contribution is -0.0892. The Bertz CT molecular complexity index is 1080. The van der Waals surface area contributed by atoms with Crippen LogP contribution in [-0.2, 0) is 11.3 Å². The Balaban J connectivity index is 1.47. The monoisotopic (exact) mass is 468 g/mol. The summed E-state index contributed by atoms with van der Waals surface area (Å²) < 4.78 is 5.63. The summed E-state index contributed by atoms with van der Waals surface area (Å²) in [5, 5.41) is 0. The van der Waals surface area contributed by atoms with Crippen molar-refractivity contribution in [2.45, 2.75) is 38.4 Å². The highest BCUT2D eigenvalue weighted by Crippen LogP contribution is 2.39. The molecule has 5 heteroatoms. The highest BCUT2D eigenvalue weighted by molar-refractivity contribution is 5.46. The summed E-state index contributed by atoms with van der Waals surface area (Å²) in [4.78, 5) is 13.6. The average Bonchev–Trinajstić information content (AvgIpc) is 2.87. The maximum Gasteiger partial charge on any atom is 0.115 e. The van der Waals surface area contributed by atoms with Gasteiger partial charge < -0.3 is 4.74 Å². The smallest absolute Gasteiger partial charge is 0.115 e. The molecule has 4 rings (SSSR count). The molecule has 0 aliphatic carbocycles. The molecule has 0 unspecified atom stereocenters. The van der Waals surface area contributed by atoms with Crippen molar-refractivity contribution in [3.8, 4) is 11.8 Å². The lowest BCUT2D eigenvalue weighted by atomic mass is 9.74. The fourth-order valence-electron chi connectivity index (χ4n) is 5.21. The molecule has 3 heterocycles. The number of rotatable bonds is 7. The number of allylic oxidation sites excluding steroid dienone is 4. The molecule has 2 aliphatic heterocycles. The molecule has 0 N–H and O–H groups in total. The van der Waals surface area contributed by atoms with Crippen molar-refractivity contribution in [2.24, 2.45) is 5.92 Å². The summed E-state index contributed by atoms with van der Waals surface area (Å²) in [6, 6.07) is 10.9. The number of hydrogen-bond donors (Lipinski definition) is 0. The molecule has 5 nitrogen and oxygen atoms in total. The zero-order valence-electron chi connectivity index (χ0n) is 20.9. The van der Waals surface area contributed by atoms with Crippen LogP contribution in [-0.4, -0.2) is 65.2 Å². The van der Waals surface area contributed by atoms with Crippen molar-refractivity contribution in [3.63, 3.8) is 0 Å². The maximum atomic E-state index is 5.63. The predicted octanol–water partition coefficient (Wildman–Crippen LogP) is 4.50.